The number of hydrogen-bond acceptors (Lipinski definition) is 5. The predicted octanol–water partition coefficient (Wildman–Crippen LogP) is 12.0. The van der Waals surface area contributed by atoms with Crippen molar-refractivity contribution in [2.45, 2.75) is 0 Å². The van der Waals surface area contributed by atoms with Gasteiger partial charge in [-0.15, -0.1) is 0 Å². The van der Waals surface area contributed by atoms with Gasteiger partial charge >= 0.3 is 0 Å². The first-order valence-corrected chi connectivity index (χ1v) is 16.6. The van der Waals surface area contributed by atoms with E-state index in [9.17, 15) is 0 Å². The van der Waals surface area contributed by atoms with Crippen molar-refractivity contribution in [3.8, 4) is 56.4 Å². The molecular weight excluding hydrogens is 615 g/mol. The zero-order valence-electron chi connectivity index (χ0n) is 26.7. The van der Waals surface area contributed by atoms with Crippen LogP contribution in [0.4, 0.5) is 0 Å². The lowest BCUT2D eigenvalue weighted by molar-refractivity contribution is 0.668. The summed E-state index contributed by atoms with van der Waals surface area (Å²) in [7, 11) is 0. The Hall–Kier alpha value is -6.85. The van der Waals surface area contributed by atoms with Gasteiger partial charge < -0.3 is 8.83 Å². The van der Waals surface area contributed by atoms with E-state index in [2.05, 4.69) is 91.0 Å². The van der Waals surface area contributed by atoms with Crippen LogP contribution in [0, 0.1) is 0 Å². The molecule has 0 saturated carbocycles. The molecule has 0 aliphatic heterocycles. The van der Waals surface area contributed by atoms with Crippen LogP contribution < -0.4 is 0 Å². The van der Waals surface area contributed by atoms with Crippen LogP contribution in [-0.2, 0) is 0 Å². The van der Waals surface area contributed by atoms with Crippen LogP contribution in [0.25, 0.3) is 100 Å². The summed E-state index contributed by atoms with van der Waals surface area (Å²) in [6, 6.07) is 55.9. The SMILES string of the molecule is c1ccc(-c2nc(-c3cccc(-c4cccc(-c5ccc6oc7ccccc7c6c5)c4)c3)nc(-c3cccc4oc5ccccc5c34)n2)cc1. The number of fused-ring (bicyclic) bond motifs is 6. The molecule has 0 unspecified atom stereocenters. The number of nitrogens with zero attached hydrogens (tertiary/aromatic N) is 3. The molecule has 0 saturated heterocycles. The number of furan rings is 2. The van der Waals surface area contributed by atoms with Crippen molar-refractivity contribution in [1.29, 1.82) is 0 Å². The summed E-state index contributed by atoms with van der Waals surface area (Å²) in [5, 5.41) is 4.26. The minimum atomic E-state index is 0.598. The van der Waals surface area contributed by atoms with E-state index in [1.807, 2.05) is 72.8 Å². The largest absolute Gasteiger partial charge is 0.456 e. The Kier molecular flexibility index (Phi) is 6.42. The van der Waals surface area contributed by atoms with Crippen molar-refractivity contribution in [3.05, 3.63) is 164 Å². The van der Waals surface area contributed by atoms with Crippen LogP contribution in [-0.4, -0.2) is 15.0 Å². The van der Waals surface area contributed by atoms with Gasteiger partial charge in [-0.05, 0) is 64.7 Å². The van der Waals surface area contributed by atoms with Crippen molar-refractivity contribution < 1.29 is 8.83 Å². The van der Waals surface area contributed by atoms with Gasteiger partial charge in [0, 0.05) is 38.2 Å². The van der Waals surface area contributed by atoms with E-state index in [1.165, 1.54) is 0 Å². The van der Waals surface area contributed by atoms with E-state index in [-0.39, 0.29) is 0 Å². The zero-order valence-corrected chi connectivity index (χ0v) is 26.7. The van der Waals surface area contributed by atoms with Crippen molar-refractivity contribution in [2.75, 3.05) is 0 Å². The van der Waals surface area contributed by atoms with Crippen LogP contribution in [0.2, 0.25) is 0 Å². The summed E-state index contributed by atoms with van der Waals surface area (Å²) in [5.74, 6) is 1.82. The standard InChI is InChI=1S/C45H27N3O2/c1-2-11-28(12-3-1)43-46-44(48-45(47-43)36-19-10-22-41-42(36)35-18-5-7-21-39(35)50-41)33-16-9-15-31(26-33)29-13-8-14-30(25-29)32-23-24-40-37(27-32)34-17-4-6-20-38(34)49-40/h1-27H. The van der Waals surface area contributed by atoms with E-state index in [0.717, 1.165) is 82.8 Å². The maximum atomic E-state index is 6.21. The molecule has 0 aliphatic rings. The normalized spacial score (nSPS) is 11.6. The van der Waals surface area contributed by atoms with Gasteiger partial charge in [0.1, 0.15) is 22.3 Å². The summed E-state index contributed by atoms with van der Waals surface area (Å²) in [6.07, 6.45) is 0. The number of aromatic nitrogens is 3. The average molecular weight is 642 g/mol. The molecule has 3 heterocycles. The zero-order chi connectivity index (χ0) is 33.0. The van der Waals surface area contributed by atoms with Crippen molar-refractivity contribution >= 4 is 43.9 Å². The van der Waals surface area contributed by atoms with E-state index in [0.29, 0.717) is 17.5 Å². The van der Waals surface area contributed by atoms with E-state index >= 15 is 0 Å². The Morgan fingerprint density at radius 1 is 0.300 bits per heavy atom. The first-order chi connectivity index (χ1) is 24.7. The van der Waals surface area contributed by atoms with Gasteiger partial charge in [0.05, 0.1) is 0 Å². The van der Waals surface area contributed by atoms with Gasteiger partial charge in [-0.25, -0.2) is 15.0 Å². The Morgan fingerprint density at radius 2 is 0.800 bits per heavy atom. The highest BCUT2D eigenvalue weighted by Crippen LogP contribution is 2.37. The molecule has 234 valence electrons. The molecule has 0 amide bonds. The van der Waals surface area contributed by atoms with Gasteiger partial charge in [0.25, 0.3) is 0 Å². The molecule has 10 rings (SSSR count). The summed E-state index contributed by atoms with van der Waals surface area (Å²) in [6.45, 7) is 0. The minimum absolute atomic E-state index is 0.598. The van der Waals surface area contributed by atoms with Crippen molar-refractivity contribution in [1.82, 2.24) is 15.0 Å². The monoisotopic (exact) mass is 641 g/mol. The molecule has 0 aliphatic carbocycles. The fraction of sp³-hybridized carbons (Fsp3) is 0. The van der Waals surface area contributed by atoms with Gasteiger partial charge in [-0.3, -0.25) is 0 Å². The lowest BCUT2D eigenvalue weighted by atomic mass is 9.97. The molecule has 0 fully saturated rings. The summed E-state index contributed by atoms with van der Waals surface area (Å²) in [5.41, 5.74) is 10.6. The van der Waals surface area contributed by atoms with Crippen LogP contribution in [0.3, 0.4) is 0 Å². The first-order valence-electron chi connectivity index (χ1n) is 16.6. The van der Waals surface area contributed by atoms with Gasteiger partial charge in [-0.2, -0.15) is 0 Å². The molecule has 7 aromatic carbocycles. The van der Waals surface area contributed by atoms with Crippen LogP contribution in [0.15, 0.2) is 173 Å². The molecule has 0 N–H and O–H groups in total. The summed E-state index contributed by atoms with van der Waals surface area (Å²) in [4.78, 5) is 15.2. The molecule has 50 heavy (non-hydrogen) atoms. The second kappa shape index (κ2) is 11.4. The average Bonchev–Trinajstić information content (AvgIpc) is 3.76. The minimum Gasteiger partial charge on any atom is -0.456 e. The Morgan fingerprint density at radius 3 is 1.58 bits per heavy atom. The maximum absolute atomic E-state index is 6.21. The third kappa shape index (κ3) is 4.75. The Balaban J connectivity index is 1.09. The fourth-order valence-electron chi connectivity index (χ4n) is 6.92. The summed E-state index contributed by atoms with van der Waals surface area (Å²) >= 11 is 0. The number of para-hydroxylation sites is 2. The first kappa shape index (κ1) is 28.2. The predicted molar refractivity (Wildman–Crippen MR) is 202 cm³/mol. The third-order valence-electron chi connectivity index (χ3n) is 9.34. The molecular formula is C45H27N3O2. The quantitative estimate of drug-likeness (QED) is 0.187. The number of hydrogen-bond donors (Lipinski definition) is 0. The third-order valence-corrected chi connectivity index (χ3v) is 9.34. The topological polar surface area (TPSA) is 65.0 Å². The lowest BCUT2D eigenvalue weighted by Gasteiger charge is -2.11. The van der Waals surface area contributed by atoms with Crippen LogP contribution >= 0.6 is 0 Å². The van der Waals surface area contributed by atoms with Crippen LogP contribution in [0.5, 0.6) is 0 Å². The maximum Gasteiger partial charge on any atom is 0.164 e. The second-order valence-electron chi connectivity index (χ2n) is 12.4. The molecule has 0 bridgehead atoms. The number of benzene rings is 7. The van der Waals surface area contributed by atoms with Crippen LogP contribution in [0.1, 0.15) is 0 Å². The highest BCUT2D eigenvalue weighted by molar-refractivity contribution is 6.12. The molecule has 0 spiro atoms. The molecule has 0 atom stereocenters. The molecule has 3 aromatic heterocycles. The Bertz CT molecular complexity index is 2890. The highest BCUT2D eigenvalue weighted by atomic mass is 16.3. The van der Waals surface area contributed by atoms with Gasteiger partial charge in [0.2, 0.25) is 0 Å². The smallest absolute Gasteiger partial charge is 0.164 e. The number of rotatable bonds is 5. The van der Waals surface area contributed by atoms with Crippen molar-refractivity contribution in [3.63, 3.8) is 0 Å². The summed E-state index contributed by atoms with van der Waals surface area (Å²) < 4.78 is 12.3. The highest BCUT2D eigenvalue weighted by Gasteiger charge is 2.18. The van der Waals surface area contributed by atoms with Gasteiger partial charge in [0.15, 0.2) is 17.5 Å². The van der Waals surface area contributed by atoms with Crippen molar-refractivity contribution in [2.24, 2.45) is 0 Å². The second-order valence-corrected chi connectivity index (χ2v) is 12.4. The van der Waals surface area contributed by atoms with E-state index in [1.54, 1.807) is 0 Å². The Labute approximate surface area is 287 Å². The molecule has 5 heteroatoms. The molecule has 5 nitrogen and oxygen atoms in total. The van der Waals surface area contributed by atoms with E-state index < -0.39 is 0 Å². The molecule has 10 aromatic rings. The fourth-order valence-corrected chi connectivity index (χ4v) is 6.92. The lowest BCUT2D eigenvalue weighted by Crippen LogP contribution is -2.00. The van der Waals surface area contributed by atoms with E-state index in [4.69, 9.17) is 23.8 Å². The van der Waals surface area contributed by atoms with Gasteiger partial charge in [-0.1, -0.05) is 121 Å². The molecule has 0 radical (unpaired) electrons.